The lowest BCUT2D eigenvalue weighted by Gasteiger charge is -2.40. The normalized spacial score (nSPS) is 31.5. The number of aliphatic hydroxyl groups excluding tert-OH is 3. The fourth-order valence-electron chi connectivity index (χ4n) is 1.86. The molecule has 0 aromatic heterocycles. The molecule has 5 atom stereocenters. The maximum atomic E-state index is 11.9. The van der Waals surface area contributed by atoms with Crippen molar-refractivity contribution in [3.63, 3.8) is 0 Å². The zero-order valence-corrected chi connectivity index (χ0v) is 15.0. The smallest absolute Gasteiger partial charge is 0.311 e. The molecule has 0 amide bonds. The van der Waals surface area contributed by atoms with E-state index in [1.54, 1.807) is 41.5 Å². The van der Waals surface area contributed by atoms with E-state index in [4.69, 9.17) is 14.2 Å². The molecular formula is C16H28O8. The number of hydrogen-bond donors (Lipinski definition) is 3. The van der Waals surface area contributed by atoms with Crippen molar-refractivity contribution in [1.29, 1.82) is 0 Å². The molecule has 8 heteroatoms. The number of ether oxygens (including phenoxy) is 3. The summed E-state index contributed by atoms with van der Waals surface area (Å²) in [6.07, 6.45) is -7.27. The summed E-state index contributed by atoms with van der Waals surface area (Å²) in [5.74, 6) is -1.16. The van der Waals surface area contributed by atoms with Crippen LogP contribution in [0.3, 0.4) is 0 Å². The molecule has 1 rings (SSSR count). The van der Waals surface area contributed by atoms with Crippen LogP contribution in [0, 0.1) is 10.8 Å². The van der Waals surface area contributed by atoms with Crippen LogP contribution in [-0.4, -0.2) is 64.6 Å². The van der Waals surface area contributed by atoms with Gasteiger partial charge < -0.3 is 29.5 Å². The van der Waals surface area contributed by atoms with Crippen LogP contribution in [0.2, 0.25) is 0 Å². The molecule has 1 aliphatic rings. The third-order valence-electron chi connectivity index (χ3n) is 3.51. The molecular weight excluding hydrogens is 320 g/mol. The molecule has 0 aromatic carbocycles. The van der Waals surface area contributed by atoms with Crippen molar-refractivity contribution >= 4 is 11.9 Å². The van der Waals surface area contributed by atoms with Crippen molar-refractivity contribution in [2.24, 2.45) is 10.8 Å². The molecule has 1 aliphatic heterocycles. The highest BCUT2D eigenvalue weighted by atomic mass is 16.7. The number of rotatable bonds is 3. The Morgan fingerprint density at radius 2 is 1.42 bits per heavy atom. The standard InChI is InChI=1S/C16H28O8/c1-15(2,3)13(20)22-7-8-9(17)10(18)11(12(19)23-8)24-14(21)16(4,5)6/h8-12,17-19H,7H2,1-6H3/t8-,9-,10+,11-,12+/m1/s1. The van der Waals surface area contributed by atoms with Crippen LogP contribution >= 0.6 is 0 Å². The molecule has 24 heavy (non-hydrogen) atoms. The van der Waals surface area contributed by atoms with Crippen LogP contribution in [0.5, 0.6) is 0 Å². The van der Waals surface area contributed by atoms with E-state index in [2.05, 4.69) is 0 Å². The molecule has 0 bridgehead atoms. The Hall–Kier alpha value is -1.22. The molecule has 0 spiro atoms. The third-order valence-corrected chi connectivity index (χ3v) is 3.51. The topological polar surface area (TPSA) is 123 Å². The van der Waals surface area contributed by atoms with Gasteiger partial charge >= 0.3 is 11.9 Å². The molecule has 140 valence electrons. The summed E-state index contributed by atoms with van der Waals surface area (Å²) in [4.78, 5) is 23.6. The van der Waals surface area contributed by atoms with Gasteiger partial charge in [-0.15, -0.1) is 0 Å². The van der Waals surface area contributed by atoms with Gasteiger partial charge in [-0.05, 0) is 41.5 Å². The van der Waals surface area contributed by atoms with Crippen molar-refractivity contribution in [2.75, 3.05) is 6.61 Å². The number of hydrogen-bond acceptors (Lipinski definition) is 8. The molecule has 0 unspecified atom stereocenters. The Labute approximate surface area is 141 Å². The Morgan fingerprint density at radius 3 is 1.88 bits per heavy atom. The largest absolute Gasteiger partial charge is 0.462 e. The molecule has 0 radical (unpaired) electrons. The molecule has 1 fully saturated rings. The quantitative estimate of drug-likeness (QED) is 0.608. The Balaban J connectivity index is 2.70. The highest BCUT2D eigenvalue weighted by molar-refractivity contribution is 5.76. The second kappa shape index (κ2) is 7.35. The Morgan fingerprint density at radius 1 is 0.917 bits per heavy atom. The predicted molar refractivity (Wildman–Crippen MR) is 82.6 cm³/mol. The molecule has 3 N–H and O–H groups in total. The summed E-state index contributed by atoms with van der Waals surface area (Å²) in [7, 11) is 0. The average molecular weight is 348 g/mol. The van der Waals surface area contributed by atoms with Crippen LogP contribution in [0.4, 0.5) is 0 Å². The summed E-state index contributed by atoms with van der Waals surface area (Å²) in [5, 5.41) is 30.2. The van der Waals surface area contributed by atoms with Gasteiger partial charge in [0.25, 0.3) is 0 Å². The fraction of sp³-hybridized carbons (Fsp3) is 0.875. The van der Waals surface area contributed by atoms with Gasteiger partial charge in [0, 0.05) is 0 Å². The summed E-state index contributed by atoms with van der Waals surface area (Å²) < 4.78 is 15.2. The lowest BCUT2D eigenvalue weighted by Crippen LogP contribution is -2.60. The van der Waals surface area contributed by atoms with Crippen molar-refractivity contribution in [3.8, 4) is 0 Å². The fourth-order valence-corrected chi connectivity index (χ4v) is 1.86. The Bertz CT molecular complexity index is 460. The van der Waals surface area contributed by atoms with E-state index in [9.17, 15) is 24.9 Å². The van der Waals surface area contributed by atoms with Crippen LogP contribution in [0.1, 0.15) is 41.5 Å². The summed E-state index contributed by atoms with van der Waals surface area (Å²) in [6, 6.07) is 0. The van der Waals surface area contributed by atoms with Crippen LogP contribution in [0.15, 0.2) is 0 Å². The van der Waals surface area contributed by atoms with Gasteiger partial charge in [0.15, 0.2) is 12.4 Å². The highest BCUT2D eigenvalue weighted by Crippen LogP contribution is 2.26. The van der Waals surface area contributed by atoms with Gasteiger partial charge in [-0.2, -0.15) is 0 Å². The van der Waals surface area contributed by atoms with Crippen LogP contribution < -0.4 is 0 Å². The summed E-state index contributed by atoms with van der Waals surface area (Å²) >= 11 is 0. The van der Waals surface area contributed by atoms with Gasteiger partial charge in [0.05, 0.1) is 10.8 Å². The second-order valence-electron chi connectivity index (χ2n) is 8.01. The van der Waals surface area contributed by atoms with Crippen molar-refractivity contribution in [3.05, 3.63) is 0 Å². The van der Waals surface area contributed by atoms with Gasteiger partial charge in [-0.3, -0.25) is 9.59 Å². The lowest BCUT2D eigenvalue weighted by atomic mass is 9.95. The zero-order chi connectivity index (χ0) is 18.9. The minimum atomic E-state index is -1.65. The SMILES string of the molecule is CC(C)(C)C(=O)OC[C@H]1O[C@H](O)[C@H](OC(=O)C(C)(C)C)[C@@H](O)[C@@H]1O. The van der Waals surface area contributed by atoms with E-state index in [1.807, 2.05) is 0 Å². The number of esters is 2. The van der Waals surface area contributed by atoms with Crippen LogP contribution in [-0.2, 0) is 23.8 Å². The van der Waals surface area contributed by atoms with E-state index in [0.717, 1.165) is 0 Å². The predicted octanol–water partition coefficient (Wildman–Crippen LogP) is -0.0274. The summed E-state index contributed by atoms with van der Waals surface area (Å²) in [5.41, 5.74) is -1.58. The van der Waals surface area contributed by atoms with Gasteiger partial charge in [0.2, 0.25) is 0 Å². The number of carbonyl (C=O) groups is 2. The molecule has 0 saturated carbocycles. The summed E-state index contributed by atoms with van der Waals surface area (Å²) in [6.45, 7) is 9.50. The van der Waals surface area contributed by atoms with E-state index in [1.165, 1.54) is 0 Å². The molecule has 1 heterocycles. The van der Waals surface area contributed by atoms with Crippen molar-refractivity contribution in [2.45, 2.75) is 72.2 Å². The monoisotopic (exact) mass is 348 g/mol. The zero-order valence-electron chi connectivity index (χ0n) is 15.0. The molecule has 8 nitrogen and oxygen atoms in total. The first-order chi connectivity index (χ1) is 10.7. The number of carbonyl (C=O) groups excluding carboxylic acids is 2. The number of aliphatic hydroxyl groups is 3. The first-order valence-electron chi connectivity index (χ1n) is 7.83. The van der Waals surface area contributed by atoms with Gasteiger partial charge in [-0.1, -0.05) is 0 Å². The lowest BCUT2D eigenvalue weighted by molar-refractivity contribution is -0.293. The highest BCUT2D eigenvalue weighted by Gasteiger charge is 2.47. The van der Waals surface area contributed by atoms with E-state index < -0.39 is 53.5 Å². The van der Waals surface area contributed by atoms with Gasteiger partial charge in [-0.25, -0.2) is 0 Å². The Kier molecular flexibility index (Phi) is 6.37. The molecule has 0 aliphatic carbocycles. The van der Waals surface area contributed by atoms with E-state index >= 15 is 0 Å². The molecule has 0 aromatic rings. The van der Waals surface area contributed by atoms with E-state index in [0.29, 0.717) is 0 Å². The second-order valence-corrected chi connectivity index (χ2v) is 8.01. The van der Waals surface area contributed by atoms with E-state index in [-0.39, 0.29) is 6.61 Å². The van der Waals surface area contributed by atoms with Crippen molar-refractivity contribution < 1.29 is 39.1 Å². The maximum absolute atomic E-state index is 11.9. The van der Waals surface area contributed by atoms with Crippen molar-refractivity contribution in [1.82, 2.24) is 0 Å². The third kappa shape index (κ3) is 5.14. The average Bonchev–Trinajstić information content (AvgIpc) is 2.43. The molecule has 1 saturated heterocycles. The maximum Gasteiger partial charge on any atom is 0.311 e. The minimum Gasteiger partial charge on any atom is -0.462 e. The minimum absolute atomic E-state index is 0.342. The first-order valence-corrected chi connectivity index (χ1v) is 7.83. The van der Waals surface area contributed by atoms with Gasteiger partial charge in [0.1, 0.15) is 24.9 Å². The first kappa shape index (κ1) is 20.8. The van der Waals surface area contributed by atoms with Crippen LogP contribution in [0.25, 0.3) is 0 Å².